The molecule has 0 unspecified atom stereocenters. The number of carbonyl (C=O) groups is 3. The summed E-state index contributed by atoms with van der Waals surface area (Å²) in [6, 6.07) is 0. The second-order valence-electron chi connectivity index (χ2n) is 10.3. The smallest absolute Gasteiger partial charge is 0.331 e. The highest BCUT2D eigenvalue weighted by Gasteiger charge is 2.75. The first-order chi connectivity index (χ1) is 15.0. The van der Waals surface area contributed by atoms with E-state index in [1.807, 2.05) is 0 Å². The third-order valence-corrected chi connectivity index (χ3v) is 8.75. The fourth-order valence-corrected chi connectivity index (χ4v) is 6.97. The fraction of sp³-hybridized carbons (Fsp3) is 0.792. The van der Waals surface area contributed by atoms with E-state index >= 15 is 0 Å². The van der Waals surface area contributed by atoms with Crippen LogP contribution in [0, 0.1) is 22.7 Å². The van der Waals surface area contributed by atoms with E-state index in [4.69, 9.17) is 18.9 Å². The molecular formula is C24H34O8. The molecule has 1 saturated heterocycles. The lowest BCUT2D eigenvalue weighted by Gasteiger charge is -2.63. The number of rotatable bonds is 5. The average molecular weight is 451 g/mol. The molecule has 2 aliphatic carbocycles. The van der Waals surface area contributed by atoms with Gasteiger partial charge in [-0.2, -0.15) is 0 Å². The quantitative estimate of drug-likeness (QED) is 0.503. The first kappa shape index (κ1) is 23.2. The molecule has 2 heterocycles. The van der Waals surface area contributed by atoms with Crippen LogP contribution in [0.1, 0.15) is 66.2 Å². The molecule has 1 spiro atoms. The normalized spacial score (nSPS) is 43.0. The second kappa shape index (κ2) is 8.13. The molecule has 32 heavy (non-hydrogen) atoms. The van der Waals surface area contributed by atoms with Gasteiger partial charge >= 0.3 is 17.9 Å². The summed E-state index contributed by atoms with van der Waals surface area (Å²) in [5, 5.41) is 12.1. The molecule has 0 aromatic rings. The summed E-state index contributed by atoms with van der Waals surface area (Å²) >= 11 is 0. The van der Waals surface area contributed by atoms with E-state index in [-0.39, 0.29) is 23.9 Å². The van der Waals surface area contributed by atoms with Crippen molar-refractivity contribution in [3.63, 3.8) is 0 Å². The van der Waals surface area contributed by atoms with Crippen molar-refractivity contribution in [1.82, 2.24) is 0 Å². The van der Waals surface area contributed by atoms with E-state index in [0.29, 0.717) is 25.4 Å². The van der Waals surface area contributed by atoms with Gasteiger partial charge in [0, 0.05) is 19.9 Å². The van der Waals surface area contributed by atoms with Gasteiger partial charge in [-0.15, -0.1) is 0 Å². The Morgan fingerprint density at radius 1 is 1.19 bits per heavy atom. The Morgan fingerprint density at radius 3 is 2.53 bits per heavy atom. The lowest BCUT2D eigenvalue weighted by atomic mass is 9.42. The van der Waals surface area contributed by atoms with Crippen molar-refractivity contribution in [3.8, 4) is 0 Å². The molecule has 178 valence electrons. The van der Waals surface area contributed by atoms with Crippen LogP contribution in [0.2, 0.25) is 0 Å². The first-order valence-corrected chi connectivity index (χ1v) is 11.6. The molecule has 2 saturated carbocycles. The Hall–Kier alpha value is -1.93. The minimum absolute atomic E-state index is 0.0129. The molecule has 3 fully saturated rings. The van der Waals surface area contributed by atoms with Crippen molar-refractivity contribution in [2.24, 2.45) is 22.7 Å². The standard InChI is InChI=1S/C24H34O8/c1-14-7-10-23-18(22(14,4)9-8-17-11-20(27)29-12-17)5-6-19(31-15(2)25)24(23,28)13-30-21(23)32-16(3)26/h11,14,18-19,21,28H,5-10,12-13H2,1-4H3/t14-,18-,19+,21+,22+,23+,24-/m0/s1. The molecule has 0 bridgehead atoms. The van der Waals surface area contributed by atoms with Crippen molar-refractivity contribution < 1.29 is 38.4 Å². The molecule has 0 radical (unpaired) electrons. The number of carbonyl (C=O) groups excluding carboxylic acids is 3. The van der Waals surface area contributed by atoms with Crippen LogP contribution in [-0.2, 0) is 33.3 Å². The Bertz CT molecular complexity index is 836. The van der Waals surface area contributed by atoms with Crippen molar-refractivity contribution in [2.75, 3.05) is 13.2 Å². The molecule has 0 aromatic heterocycles. The maximum Gasteiger partial charge on any atom is 0.331 e. The highest BCUT2D eigenvalue weighted by atomic mass is 16.7. The fourth-order valence-electron chi connectivity index (χ4n) is 6.97. The summed E-state index contributed by atoms with van der Waals surface area (Å²) < 4.78 is 22.2. The van der Waals surface area contributed by atoms with Crippen LogP contribution in [-0.4, -0.2) is 54.2 Å². The second-order valence-corrected chi connectivity index (χ2v) is 10.3. The summed E-state index contributed by atoms with van der Waals surface area (Å²) in [6.45, 7) is 7.43. The number of esters is 3. The van der Waals surface area contributed by atoms with Crippen LogP contribution in [0.3, 0.4) is 0 Å². The van der Waals surface area contributed by atoms with Gasteiger partial charge in [0.2, 0.25) is 6.29 Å². The molecule has 0 aromatic carbocycles. The van der Waals surface area contributed by atoms with Gasteiger partial charge in [0.25, 0.3) is 0 Å². The maximum absolute atomic E-state index is 12.1. The Balaban J connectivity index is 1.72. The Morgan fingerprint density at radius 2 is 1.91 bits per heavy atom. The average Bonchev–Trinajstić information content (AvgIpc) is 3.25. The zero-order valence-electron chi connectivity index (χ0n) is 19.3. The molecular weight excluding hydrogens is 416 g/mol. The van der Waals surface area contributed by atoms with Gasteiger partial charge in [-0.25, -0.2) is 4.79 Å². The monoisotopic (exact) mass is 450 g/mol. The highest BCUT2D eigenvalue weighted by Crippen LogP contribution is 2.68. The van der Waals surface area contributed by atoms with Gasteiger partial charge in [0.05, 0.1) is 12.0 Å². The van der Waals surface area contributed by atoms with Crippen molar-refractivity contribution in [1.29, 1.82) is 0 Å². The number of hydrogen-bond donors (Lipinski definition) is 1. The zero-order valence-corrected chi connectivity index (χ0v) is 19.3. The molecule has 8 nitrogen and oxygen atoms in total. The topological polar surface area (TPSA) is 108 Å². The van der Waals surface area contributed by atoms with E-state index in [0.717, 1.165) is 31.3 Å². The highest BCUT2D eigenvalue weighted by molar-refractivity contribution is 5.85. The summed E-state index contributed by atoms with van der Waals surface area (Å²) in [4.78, 5) is 35.3. The molecule has 4 rings (SSSR count). The van der Waals surface area contributed by atoms with E-state index < -0.39 is 35.3 Å². The van der Waals surface area contributed by atoms with Gasteiger partial charge in [-0.05, 0) is 61.3 Å². The molecule has 1 N–H and O–H groups in total. The van der Waals surface area contributed by atoms with Gasteiger partial charge in [0.15, 0.2) is 0 Å². The Kier molecular flexibility index (Phi) is 5.91. The predicted octanol–water partition coefficient (Wildman–Crippen LogP) is 2.66. The van der Waals surface area contributed by atoms with Crippen molar-refractivity contribution >= 4 is 17.9 Å². The number of hydrogen-bond acceptors (Lipinski definition) is 8. The lowest BCUT2D eigenvalue weighted by Crippen LogP contribution is -2.69. The van der Waals surface area contributed by atoms with Crippen molar-refractivity contribution in [2.45, 2.75) is 84.2 Å². The molecule has 2 aliphatic heterocycles. The summed E-state index contributed by atoms with van der Waals surface area (Å²) in [6.07, 6.45) is 4.17. The molecule has 0 amide bonds. The van der Waals surface area contributed by atoms with Gasteiger partial charge in [-0.1, -0.05) is 13.8 Å². The van der Waals surface area contributed by atoms with E-state index in [9.17, 15) is 19.5 Å². The number of cyclic esters (lactones) is 1. The predicted molar refractivity (Wildman–Crippen MR) is 112 cm³/mol. The summed E-state index contributed by atoms with van der Waals surface area (Å²) in [7, 11) is 0. The maximum atomic E-state index is 12.1. The zero-order chi connectivity index (χ0) is 23.3. The number of aliphatic hydroxyl groups is 1. The van der Waals surface area contributed by atoms with Gasteiger partial charge < -0.3 is 24.1 Å². The minimum atomic E-state index is -1.44. The van der Waals surface area contributed by atoms with Crippen LogP contribution >= 0.6 is 0 Å². The first-order valence-electron chi connectivity index (χ1n) is 11.6. The van der Waals surface area contributed by atoms with E-state index in [1.54, 1.807) is 6.08 Å². The molecule has 7 atom stereocenters. The van der Waals surface area contributed by atoms with Crippen LogP contribution in [0.5, 0.6) is 0 Å². The minimum Gasteiger partial charge on any atom is -0.459 e. The third kappa shape index (κ3) is 3.46. The molecule has 8 heteroatoms. The van der Waals surface area contributed by atoms with Crippen LogP contribution in [0.4, 0.5) is 0 Å². The van der Waals surface area contributed by atoms with Gasteiger partial charge in [-0.3, -0.25) is 9.59 Å². The van der Waals surface area contributed by atoms with E-state index in [2.05, 4.69) is 13.8 Å². The third-order valence-electron chi connectivity index (χ3n) is 8.75. The van der Waals surface area contributed by atoms with Gasteiger partial charge in [0.1, 0.15) is 18.3 Å². The summed E-state index contributed by atoms with van der Waals surface area (Å²) in [5.41, 5.74) is -1.53. The van der Waals surface area contributed by atoms with Crippen LogP contribution in [0.15, 0.2) is 11.6 Å². The SMILES string of the molecule is CC(=O)O[C@H]1OC[C@]2(O)[C@H](OC(C)=O)CC[C@H]3[C@](C)(CCC4=CC(=O)OC4)[C@@H](C)CC[C@]132. The Labute approximate surface area is 188 Å². The summed E-state index contributed by atoms with van der Waals surface area (Å²) in [5.74, 6) is -0.869. The lowest BCUT2D eigenvalue weighted by molar-refractivity contribution is -0.270. The van der Waals surface area contributed by atoms with Crippen LogP contribution in [0.25, 0.3) is 0 Å². The van der Waals surface area contributed by atoms with Crippen LogP contribution < -0.4 is 0 Å². The largest absolute Gasteiger partial charge is 0.459 e. The van der Waals surface area contributed by atoms with E-state index in [1.165, 1.54) is 13.8 Å². The number of ether oxygens (including phenoxy) is 4. The molecule has 4 aliphatic rings. The van der Waals surface area contributed by atoms with Crippen molar-refractivity contribution in [3.05, 3.63) is 11.6 Å².